The van der Waals surface area contributed by atoms with E-state index in [1.54, 1.807) is 22.9 Å². The molecule has 0 fully saturated rings. The van der Waals surface area contributed by atoms with Crippen molar-refractivity contribution in [2.24, 2.45) is 7.05 Å². The van der Waals surface area contributed by atoms with Gasteiger partial charge in [-0.25, -0.2) is 4.79 Å². The maximum absolute atomic E-state index is 12.2. The Morgan fingerprint density at radius 1 is 1.43 bits per heavy atom. The number of carbonyl (C=O) groups excluding carboxylic acids is 1. The number of carbonyl (C=O) groups is 1. The van der Waals surface area contributed by atoms with Crippen LogP contribution in [0, 0.1) is 0 Å². The largest absolute Gasteiger partial charge is 0.494 e. The first-order valence-corrected chi connectivity index (χ1v) is 6.68. The molecule has 0 atom stereocenters. The number of hydrogen-bond donors (Lipinski definition) is 1. The van der Waals surface area contributed by atoms with Crippen molar-refractivity contribution < 1.29 is 14.3 Å². The molecule has 2 aromatic rings. The van der Waals surface area contributed by atoms with Crippen LogP contribution in [0.5, 0.6) is 5.75 Å². The van der Waals surface area contributed by atoms with Crippen LogP contribution in [0.4, 0.5) is 5.69 Å². The molecule has 21 heavy (non-hydrogen) atoms. The number of ether oxygens (including phenoxy) is 2. The van der Waals surface area contributed by atoms with E-state index >= 15 is 0 Å². The number of rotatable bonds is 5. The van der Waals surface area contributed by atoms with E-state index in [4.69, 9.17) is 15.2 Å². The fourth-order valence-corrected chi connectivity index (χ4v) is 2.04. The number of methoxy groups -OCH3 is 1. The highest BCUT2D eigenvalue weighted by molar-refractivity contribution is 5.94. The molecule has 0 saturated heterocycles. The van der Waals surface area contributed by atoms with Gasteiger partial charge in [-0.1, -0.05) is 13.0 Å². The highest BCUT2D eigenvalue weighted by Crippen LogP contribution is 2.26. The van der Waals surface area contributed by atoms with Gasteiger partial charge in [-0.2, -0.15) is 5.10 Å². The van der Waals surface area contributed by atoms with Crippen LogP contribution < -0.4 is 10.5 Å². The smallest absolute Gasteiger partial charge is 0.342 e. The fourth-order valence-electron chi connectivity index (χ4n) is 2.04. The Morgan fingerprint density at radius 3 is 2.81 bits per heavy atom. The third-order valence-corrected chi connectivity index (χ3v) is 3.21. The molecule has 0 aliphatic carbocycles. The van der Waals surface area contributed by atoms with Crippen LogP contribution in [0.3, 0.4) is 0 Å². The van der Waals surface area contributed by atoms with Gasteiger partial charge in [0, 0.05) is 7.05 Å². The number of nitrogen functional groups attached to an aromatic ring is 1. The van der Waals surface area contributed by atoms with Crippen LogP contribution in [0.25, 0.3) is 0 Å². The summed E-state index contributed by atoms with van der Waals surface area (Å²) in [5.41, 5.74) is 8.29. The molecule has 0 amide bonds. The zero-order valence-corrected chi connectivity index (χ0v) is 12.4. The monoisotopic (exact) mass is 289 g/mol. The Morgan fingerprint density at radius 2 is 2.19 bits per heavy atom. The quantitative estimate of drug-likeness (QED) is 0.672. The van der Waals surface area contributed by atoms with Crippen molar-refractivity contribution in [3.8, 4) is 5.75 Å². The molecule has 6 nitrogen and oxygen atoms in total. The van der Waals surface area contributed by atoms with Gasteiger partial charge in [0.1, 0.15) is 12.2 Å². The predicted octanol–water partition coefficient (Wildman–Crippen LogP) is 1.93. The average Bonchev–Trinajstić information content (AvgIpc) is 2.85. The van der Waals surface area contributed by atoms with Crippen molar-refractivity contribution in [3.63, 3.8) is 0 Å². The third kappa shape index (κ3) is 3.16. The molecule has 6 heteroatoms. The predicted molar refractivity (Wildman–Crippen MR) is 79.1 cm³/mol. The van der Waals surface area contributed by atoms with Gasteiger partial charge in [0.2, 0.25) is 0 Å². The van der Waals surface area contributed by atoms with Crippen LogP contribution >= 0.6 is 0 Å². The second-order valence-corrected chi connectivity index (χ2v) is 4.61. The Balaban J connectivity index is 2.12. The van der Waals surface area contributed by atoms with Crippen LogP contribution in [-0.2, 0) is 24.8 Å². The summed E-state index contributed by atoms with van der Waals surface area (Å²) in [6, 6.07) is 6.90. The second kappa shape index (κ2) is 6.30. The lowest BCUT2D eigenvalue weighted by atomic mass is 10.2. The number of hydrogen-bond acceptors (Lipinski definition) is 5. The minimum atomic E-state index is -0.474. The summed E-state index contributed by atoms with van der Waals surface area (Å²) in [5, 5.41) is 4.31. The van der Waals surface area contributed by atoms with Crippen LogP contribution in [-0.4, -0.2) is 22.9 Å². The Hall–Kier alpha value is -2.50. The maximum atomic E-state index is 12.2. The van der Waals surface area contributed by atoms with E-state index in [1.807, 2.05) is 20.0 Å². The summed E-state index contributed by atoms with van der Waals surface area (Å²) < 4.78 is 12.2. The van der Waals surface area contributed by atoms with Gasteiger partial charge in [-0.05, 0) is 24.6 Å². The standard InChI is InChI=1S/C15H19N3O3/c1-4-10-8-11(18(2)17-10)9-21-15(19)12-6-5-7-13(16)14(12)20-3/h5-8H,4,9,16H2,1-3H3. The molecule has 2 rings (SSSR count). The van der Waals surface area contributed by atoms with E-state index in [1.165, 1.54) is 7.11 Å². The average molecular weight is 289 g/mol. The van der Waals surface area contributed by atoms with E-state index in [-0.39, 0.29) is 6.61 Å². The summed E-state index contributed by atoms with van der Waals surface area (Å²) in [6.07, 6.45) is 0.838. The SMILES string of the molecule is CCc1cc(COC(=O)c2cccc(N)c2OC)n(C)n1. The summed E-state index contributed by atoms with van der Waals surface area (Å²) in [4.78, 5) is 12.2. The van der Waals surface area contributed by atoms with E-state index in [2.05, 4.69) is 5.10 Å². The first-order valence-electron chi connectivity index (χ1n) is 6.68. The maximum Gasteiger partial charge on any atom is 0.342 e. The van der Waals surface area contributed by atoms with Gasteiger partial charge in [-0.15, -0.1) is 0 Å². The molecule has 0 aliphatic rings. The lowest BCUT2D eigenvalue weighted by molar-refractivity contribution is 0.0460. The number of aryl methyl sites for hydroxylation is 2. The first kappa shape index (κ1) is 14.9. The van der Waals surface area contributed by atoms with Gasteiger partial charge < -0.3 is 15.2 Å². The molecule has 2 N–H and O–H groups in total. The zero-order chi connectivity index (χ0) is 15.4. The van der Waals surface area contributed by atoms with Crippen molar-refractivity contribution in [1.29, 1.82) is 0 Å². The molecular formula is C15H19N3O3. The molecule has 1 aromatic carbocycles. The van der Waals surface area contributed by atoms with Gasteiger partial charge in [0.25, 0.3) is 0 Å². The van der Waals surface area contributed by atoms with Crippen LogP contribution in [0.2, 0.25) is 0 Å². The van der Waals surface area contributed by atoms with Crippen LogP contribution in [0.1, 0.15) is 28.7 Å². The molecule has 0 bridgehead atoms. The summed E-state index contributed by atoms with van der Waals surface area (Å²) in [5.74, 6) is -0.139. The summed E-state index contributed by atoms with van der Waals surface area (Å²) in [6.45, 7) is 2.18. The van der Waals surface area contributed by atoms with Gasteiger partial charge in [0.05, 0.1) is 24.2 Å². The first-order chi connectivity index (χ1) is 10.1. The number of nitrogens with two attached hydrogens (primary N) is 1. The molecule has 1 aromatic heterocycles. The van der Waals surface area contributed by atoms with Gasteiger partial charge >= 0.3 is 5.97 Å². The lowest BCUT2D eigenvalue weighted by Gasteiger charge is -2.10. The molecule has 0 aliphatic heterocycles. The second-order valence-electron chi connectivity index (χ2n) is 4.61. The fraction of sp³-hybridized carbons (Fsp3) is 0.333. The van der Waals surface area contributed by atoms with Crippen molar-refractivity contribution in [2.45, 2.75) is 20.0 Å². The molecule has 1 heterocycles. The molecule has 0 radical (unpaired) electrons. The molecule has 112 valence electrons. The van der Waals surface area contributed by atoms with Gasteiger partial charge in [-0.3, -0.25) is 4.68 Å². The normalized spacial score (nSPS) is 10.4. The Labute approximate surface area is 123 Å². The highest BCUT2D eigenvalue weighted by atomic mass is 16.5. The van der Waals surface area contributed by atoms with E-state index in [0.29, 0.717) is 17.0 Å². The number of nitrogens with zero attached hydrogens (tertiary/aromatic N) is 2. The zero-order valence-electron chi connectivity index (χ0n) is 12.4. The van der Waals surface area contributed by atoms with Crippen molar-refractivity contribution in [1.82, 2.24) is 9.78 Å². The Kier molecular flexibility index (Phi) is 4.47. The highest BCUT2D eigenvalue weighted by Gasteiger charge is 2.16. The topological polar surface area (TPSA) is 79.4 Å². The van der Waals surface area contributed by atoms with Crippen molar-refractivity contribution in [3.05, 3.63) is 41.2 Å². The van der Waals surface area contributed by atoms with E-state index in [0.717, 1.165) is 17.8 Å². The molecular weight excluding hydrogens is 270 g/mol. The minimum absolute atomic E-state index is 0.153. The number of benzene rings is 1. The van der Waals surface area contributed by atoms with Crippen molar-refractivity contribution >= 4 is 11.7 Å². The minimum Gasteiger partial charge on any atom is -0.494 e. The van der Waals surface area contributed by atoms with Crippen LogP contribution in [0.15, 0.2) is 24.3 Å². The number of aromatic nitrogens is 2. The van der Waals surface area contributed by atoms with Crippen molar-refractivity contribution in [2.75, 3.05) is 12.8 Å². The molecule has 0 spiro atoms. The lowest BCUT2D eigenvalue weighted by Crippen LogP contribution is -2.10. The van der Waals surface area contributed by atoms with Gasteiger partial charge in [0.15, 0.2) is 5.75 Å². The number of esters is 1. The molecule has 0 saturated carbocycles. The van der Waals surface area contributed by atoms with E-state index in [9.17, 15) is 4.79 Å². The number of para-hydroxylation sites is 1. The number of anilines is 1. The van der Waals surface area contributed by atoms with E-state index < -0.39 is 5.97 Å². The summed E-state index contributed by atoms with van der Waals surface area (Å²) >= 11 is 0. The molecule has 0 unspecified atom stereocenters. The third-order valence-electron chi connectivity index (χ3n) is 3.21. The summed E-state index contributed by atoms with van der Waals surface area (Å²) in [7, 11) is 3.29. The Bertz CT molecular complexity index is 650.